The Hall–Kier alpha value is -3.22. The van der Waals surface area contributed by atoms with Crippen molar-refractivity contribution in [1.82, 2.24) is 0 Å². The van der Waals surface area contributed by atoms with Gasteiger partial charge in [0.05, 0.1) is 0 Å². The molecule has 1 N–H and O–H groups in total. The van der Waals surface area contributed by atoms with E-state index in [9.17, 15) is 18.4 Å². The number of esters is 1. The van der Waals surface area contributed by atoms with Gasteiger partial charge in [-0.05, 0) is 62.6 Å². The first-order chi connectivity index (χ1) is 13.7. The maximum Gasteiger partial charge on any atom is 0.387 e. The van der Waals surface area contributed by atoms with Gasteiger partial charge in [0, 0.05) is 11.8 Å². The molecule has 0 unspecified atom stereocenters. The van der Waals surface area contributed by atoms with E-state index in [1.54, 1.807) is 0 Å². The van der Waals surface area contributed by atoms with Crippen LogP contribution in [0.2, 0.25) is 0 Å². The van der Waals surface area contributed by atoms with E-state index in [1.165, 1.54) is 37.3 Å². The second-order valence-corrected chi connectivity index (χ2v) is 6.62. The Morgan fingerprint density at radius 1 is 1.03 bits per heavy atom. The molecule has 0 fully saturated rings. The summed E-state index contributed by atoms with van der Waals surface area (Å²) in [5.41, 5.74) is 4.23. The molecule has 0 aliphatic heterocycles. The first-order valence-corrected chi connectivity index (χ1v) is 8.98. The van der Waals surface area contributed by atoms with Gasteiger partial charge in [0.25, 0.3) is 5.91 Å². The van der Waals surface area contributed by atoms with E-state index in [-0.39, 0.29) is 5.75 Å². The first-order valence-electron chi connectivity index (χ1n) is 8.98. The van der Waals surface area contributed by atoms with Crippen molar-refractivity contribution in [3.8, 4) is 5.75 Å². The van der Waals surface area contributed by atoms with Crippen LogP contribution >= 0.6 is 0 Å². The third-order valence-corrected chi connectivity index (χ3v) is 4.10. The zero-order valence-corrected chi connectivity index (χ0v) is 16.7. The average Bonchev–Trinajstić information content (AvgIpc) is 2.63. The minimum atomic E-state index is -2.90. The number of anilines is 1. The van der Waals surface area contributed by atoms with E-state index in [2.05, 4.69) is 10.1 Å². The Balaban J connectivity index is 1.92. The summed E-state index contributed by atoms with van der Waals surface area (Å²) < 4.78 is 33.6. The third kappa shape index (κ3) is 6.71. The van der Waals surface area contributed by atoms with Crippen molar-refractivity contribution in [2.45, 2.75) is 40.4 Å². The number of hydrogen-bond donors (Lipinski definition) is 1. The molecule has 2 aromatic rings. The smallest absolute Gasteiger partial charge is 0.387 e. The zero-order valence-electron chi connectivity index (χ0n) is 16.7. The van der Waals surface area contributed by atoms with E-state index in [4.69, 9.17) is 4.74 Å². The largest absolute Gasteiger partial charge is 0.449 e. The molecule has 7 heteroatoms. The molecule has 0 saturated heterocycles. The molecule has 2 rings (SSSR count). The molecule has 0 spiro atoms. The zero-order chi connectivity index (χ0) is 21.6. The molecule has 0 saturated carbocycles. The van der Waals surface area contributed by atoms with Gasteiger partial charge in [0.15, 0.2) is 6.10 Å². The van der Waals surface area contributed by atoms with E-state index in [1.807, 2.05) is 32.9 Å². The van der Waals surface area contributed by atoms with Crippen LogP contribution < -0.4 is 10.1 Å². The number of hydrogen-bond acceptors (Lipinski definition) is 4. The lowest BCUT2D eigenvalue weighted by Crippen LogP contribution is -2.30. The Kier molecular flexibility index (Phi) is 7.47. The van der Waals surface area contributed by atoms with Crippen molar-refractivity contribution >= 4 is 23.6 Å². The maximum atomic E-state index is 12.3. The number of carbonyl (C=O) groups excluding carboxylic acids is 2. The van der Waals surface area contributed by atoms with Gasteiger partial charge in [-0.25, -0.2) is 4.79 Å². The van der Waals surface area contributed by atoms with Crippen LogP contribution in [0.1, 0.15) is 29.2 Å². The fourth-order valence-corrected chi connectivity index (χ4v) is 2.79. The van der Waals surface area contributed by atoms with Crippen LogP contribution in [-0.4, -0.2) is 24.6 Å². The minimum absolute atomic E-state index is 0.0201. The number of halogens is 2. The average molecular weight is 403 g/mol. The van der Waals surface area contributed by atoms with Crippen molar-refractivity contribution in [3.05, 3.63) is 64.7 Å². The highest BCUT2D eigenvalue weighted by atomic mass is 19.3. The van der Waals surface area contributed by atoms with Crippen molar-refractivity contribution in [2.75, 3.05) is 5.32 Å². The van der Waals surface area contributed by atoms with Crippen LogP contribution in [-0.2, 0) is 14.3 Å². The Labute approximate surface area is 168 Å². The predicted octanol–water partition coefficient (Wildman–Crippen LogP) is 4.80. The lowest BCUT2D eigenvalue weighted by molar-refractivity contribution is -0.148. The summed E-state index contributed by atoms with van der Waals surface area (Å²) in [7, 11) is 0. The van der Waals surface area contributed by atoms with Crippen molar-refractivity contribution < 1.29 is 27.8 Å². The molecule has 0 aliphatic rings. The topological polar surface area (TPSA) is 64.6 Å². The highest BCUT2D eigenvalue weighted by molar-refractivity contribution is 5.97. The lowest BCUT2D eigenvalue weighted by atomic mass is 10.0. The Morgan fingerprint density at radius 3 is 2.17 bits per heavy atom. The van der Waals surface area contributed by atoms with E-state index >= 15 is 0 Å². The monoisotopic (exact) mass is 403 g/mol. The molecule has 0 radical (unpaired) electrons. The van der Waals surface area contributed by atoms with Gasteiger partial charge >= 0.3 is 12.6 Å². The number of alkyl halides is 2. The lowest BCUT2D eigenvalue weighted by Gasteiger charge is -2.16. The van der Waals surface area contributed by atoms with Gasteiger partial charge in [-0.1, -0.05) is 29.8 Å². The van der Waals surface area contributed by atoms with Gasteiger partial charge in [0.2, 0.25) is 0 Å². The molecule has 0 bridgehead atoms. The van der Waals surface area contributed by atoms with E-state index in [0.29, 0.717) is 11.3 Å². The summed E-state index contributed by atoms with van der Waals surface area (Å²) >= 11 is 0. The second-order valence-electron chi connectivity index (χ2n) is 6.62. The van der Waals surface area contributed by atoms with Crippen molar-refractivity contribution in [2.24, 2.45) is 0 Å². The number of amides is 1. The molecule has 1 amide bonds. The standard InChI is InChI=1S/C22H23F2NO4/c1-13-11-14(2)20(15(3)12-13)25-21(27)16(4)28-19(26)10-7-17-5-8-18(9-6-17)29-22(23)24/h5-12,16,22H,1-4H3,(H,25,27)/b10-7+/t16-/m1/s1. The van der Waals surface area contributed by atoms with Crippen LogP contribution in [0.5, 0.6) is 5.75 Å². The summed E-state index contributed by atoms with van der Waals surface area (Å²) in [6.45, 7) is 4.35. The van der Waals surface area contributed by atoms with E-state index < -0.39 is 24.6 Å². The Morgan fingerprint density at radius 2 is 1.62 bits per heavy atom. The predicted molar refractivity (Wildman–Crippen MR) is 107 cm³/mol. The highest BCUT2D eigenvalue weighted by Crippen LogP contribution is 2.22. The summed E-state index contributed by atoms with van der Waals surface area (Å²) in [6.07, 6.45) is 1.62. The van der Waals surface area contributed by atoms with Crippen LogP contribution in [0.3, 0.4) is 0 Å². The summed E-state index contributed by atoms with van der Waals surface area (Å²) in [5, 5.41) is 2.79. The number of benzene rings is 2. The van der Waals surface area contributed by atoms with Crippen LogP contribution in [0, 0.1) is 20.8 Å². The molecule has 0 aliphatic carbocycles. The summed E-state index contributed by atoms with van der Waals surface area (Å²) in [6, 6.07) is 9.67. The molecular formula is C22H23F2NO4. The molecule has 1 atom stereocenters. The third-order valence-electron chi connectivity index (χ3n) is 4.10. The number of rotatable bonds is 7. The fourth-order valence-electron chi connectivity index (χ4n) is 2.79. The Bertz CT molecular complexity index is 885. The SMILES string of the molecule is Cc1cc(C)c(NC(=O)[C@@H](C)OC(=O)/C=C/c2ccc(OC(F)F)cc2)c(C)c1. The second kappa shape index (κ2) is 9.82. The summed E-state index contributed by atoms with van der Waals surface area (Å²) in [4.78, 5) is 24.3. The summed E-state index contributed by atoms with van der Waals surface area (Å²) in [5.74, 6) is -1.11. The fraction of sp³-hybridized carbons (Fsp3) is 0.273. The van der Waals surface area contributed by atoms with Gasteiger partial charge in [0.1, 0.15) is 5.75 Å². The molecule has 0 heterocycles. The van der Waals surface area contributed by atoms with Crippen molar-refractivity contribution in [1.29, 1.82) is 0 Å². The molecule has 0 aromatic heterocycles. The normalized spacial score (nSPS) is 12.1. The molecule has 29 heavy (non-hydrogen) atoms. The molecule has 154 valence electrons. The van der Waals surface area contributed by atoms with E-state index in [0.717, 1.165) is 22.8 Å². The van der Waals surface area contributed by atoms with Gasteiger partial charge < -0.3 is 14.8 Å². The maximum absolute atomic E-state index is 12.3. The van der Waals surface area contributed by atoms with Gasteiger partial charge in [-0.15, -0.1) is 0 Å². The number of carbonyl (C=O) groups is 2. The number of nitrogens with one attached hydrogen (secondary N) is 1. The van der Waals surface area contributed by atoms with Crippen LogP contribution in [0.25, 0.3) is 6.08 Å². The number of ether oxygens (including phenoxy) is 2. The van der Waals surface area contributed by atoms with Gasteiger partial charge in [-0.3, -0.25) is 4.79 Å². The minimum Gasteiger partial charge on any atom is -0.449 e. The molecule has 2 aromatic carbocycles. The van der Waals surface area contributed by atoms with Crippen molar-refractivity contribution in [3.63, 3.8) is 0 Å². The van der Waals surface area contributed by atoms with Gasteiger partial charge in [-0.2, -0.15) is 8.78 Å². The first kappa shape index (κ1) is 22.1. The highest BCUT2D eigenvalue weighted by Gasteiger charge is 2.18. The van der Waals surface area contributed by atoms with Crippen LogP contribution in [0.15, 0.2) is 42.5 Å². The molecular weight excluding hydrogens is 380 g/mol. The molecule has 5 nitrogen and oxygen atoms in total. The van der Waals surface area contributed by atoms with Crippen LogP contribution in [0.4, 0.5) is 14.5 Å². The quantitative estimate of drug-likeness (QED) is 0.533. The number of aryl methyl sites for hydroxylation is 3.